The van der Waals surface area contributed by atoms with Gasteiger partial charge in [0.25, 0.3) is 0 Å². The number of aliphatic hydroxyl groups excluding tert-OH is 1. The molecule has 4 fully saturated rings. The highest BCUT2D eigenvalue weighted by atomic mass is 16.2. The van der Waals surface area contributed by atoms with E-state index in [4.69, 9.17) is 10.4 Å². The van der Waals surface area contributed by atoms with Crippen LogP contribution in [0.3, 0.4) is 0 Å². The zero-order chi connectivity index (χ0) is 21.5. The van der Waals surface area contributed by atoms with Crippen LogP contribution in [0.5, 0.6) is 0 Å². The molecule has 1 N–H and O–H groups in total. The number of hydrogen-bond acceptors (Lipinski definition) is 6. The van der Waals surface area contributed by atoms with E-state index >= 15 is 0 Å². The largest absolute Gasteiger partial charge is 0.400 e. The maximum Gasteiger partial charge on any atom is 0.159 e. The Bertz CT molecular complexity index is 1120. The lowest BCUT2D eigenvalue weighted by Gasteiger charge is -2.17. The smallest absolute Gasteiger partial charge is 0.159 e. The van der Waals surface area contributed by atoms with Gasteiger partial charge in [-0.15, -0.1) is 0 Å². The molecular formula is C24H28N6O. The van der Waals surface area contributed by atoms with Crippen molar-refractivity contribution in [3.8, 4) is 11.9 Å². The standard InChI is InChI=1S/C17H17N5.C6H7N.CH4O/c1-2-4-14-13(3-1)10-20-22(14)16-9-15(18-12-19-16)21-8-7-17(11-21)5-6-17;7-4-5-3-6(5)1-2-6;1-2/h1-4,9-10,12H,5-8,11H2;5H,1-3H2;2H,1H3. The third kappa shape index (κ3) is 3.77. The first-order chi connectivity index (χ1) is 15.2. The van der Waals surface area contributed by atoms with Crippen molar-refractivity contribution in [1.29, 1.82) is 5.26 Å². The number of anilines is 1. The third-order valence-corrected chi connectivity index (χ3v) is 7.29. The predicted octanol–water partition coefficient (Wildman–Crippen LogP) is 3.72. The maximum atomic E-state index is 8.33. The van der Waals surface area contributed by atoms with Crippen molar-refractivity contribution < 1.29 is 5.11 Å². The normalized spacial score (nSPS) is 22.9. The minimum atomic E-state index is 0.465. The van der Waals surface area contributed by atoms with Crippen LogP contribution >= 0.6 is 0 Å². The molecule has 0 bridgehead atoms. The van der Waals surface area contributed by atoms with Crippen LogP contribution in [0, 0.1) is 28.1 Å². The van der Waals surface area contributed by atoms with Gasteiger partial charge in [-0.3, -0.25) is 0 Å². The molecular weight excluding hydrogens is 388 g/mol. The first-order valence-electron chi connectivity index (χ1n) is 11.0. The molecule has 2 aromatic heterocycles. The van der Waals surface area contributed by atoms with Gasteiger partial charge in [-0.05, 0) is 55.4 Å². The van der Waals surface area contributed by atoms with Gasteiger partial charge in [-0.25, -0.2) is 14.6 Å². The molecule has 3 aliphatic carbocycles. The summed E-state index contributed by atoms with van der Waals surface area (Å²) in [5, 5.41) is 20.9. The van der Waals surface area contributed by atoms with Gasteiger partial charge in [0.15, 0.2) is 5.82 Å². The van der Waals surface area contributed by atoms with E-state index in [1.54, 1.807) is 6.33 Å². The second-order valence-electron chi connectivity index (χ2n) is 9.27. The first kappa shape index (κ1) is 20.0. The molecule has 31 heavy (non-hydrogen) atoms. The number of aliphatic hydroxyl groups is 1. The molecule has 4 aliphatic rings. The van der Waals surface area contributed by atoms with Gasteiger partial charge in [-0.2, -0.15) is 10.4 Å². The molecule has 2 spiro atoms. The minimum Gasteiger partial charge on any atom is -0.400 e. The molecule has 1 saturated heterocycles. The first-order valence-corrected chi connectivity index (χ1v) is 11.0. The van der Waals surface area contributed by atoms with Crippen molar-refractivity contribution in [3.05, 3.63) is 42.9 Å². The summed E-state index contributed by atoms with van der Waals surface area (Å²) < 4.78 is 1.89. The lowest BCUT2D eigenvalue weighted by atomic mass is 10.1. The number of rotatable bonds is 2. The summed E-state index contributed by atoms with van der Waals surface area (Å²) in [5.74, 6) is 2.32. The van der Waals surface area contributed by atoms with Crippen molar-refractivity contribution in [2.24, 2.45) is 16.7 Å². The molecule has 1 aliphatic heterocycles. The Morgan fingerprint density at radius 2 is 1.84 bits per heavy atom. The van der Waals surface area contributed by atoms with E-state index in [2.05, 4.69) is 44.2 Å². The van der Waals surface area contributed by atoms with Crippen LogP contribution in [0.1, 0.15) is 38.5 Å². The summed E-state index contributed by atoms with van der Waals surface area (Å²) in [5.41, 5.74) is 2.28. The second kappa shape index (κ2) is 7.61. The van der Waals surface area contributed by atoms with Crippen molar-refractivity contribution in [3.63, 3.8) is 0 Å². The van der Waals surface area contributed by atoms with Crippen molar-refractivity contribution in [2.75, 3.05) is 25.1 Å². The molecule has 0 radical (unpaired) electrons. The zero-order valence-corrected chi connectivity index (χ0v) is 17.9. The van der Waals surface area contributed by atoms with Gasteiger partial charge >= 0.3 is 0 Å². The Kier molecular flexibility index (Phi) is 4.90. The second-order valence-corrected chi connectivity index (χ2v) is 9.27. The Morgan fingerprint density at radius 3 is 2.48 bits per heavy atom. The van der Waals surface area contributed by atoms with E-state index in [9.17, 15) is 0 Å². The Labute approximate surface area is 182 Å². The van der Waals surface area contributed by atoms with Crippen LogP contribution in [0.4, 0.5) is 5.82 Å². The van der Waals surface area contributed by atoms with E-state index in [1.807, 2.05) is 23.0 Å². The fourth-order valence-electron chi connectivity index (χ4n) is 4.74. The molecule has 1 aromatic carbocycles. The van der Waals surface area contributed by atoms with Gasteiger partial charge in [0.1, 0.15) is 12.1 Å². The third-order valence-electron chi connectivity index (χ3n) is 7.29. The van der Waals surface area contributed by atoms with Gasteiger partial charge < -0.3 is 10.0 Å². The minimum absolute atomic E-state index is 0.465. The van der Waals surface area contributed by atoms with E-state index < -0.39 is 0 Å². The highest BCUT2D eigenvalue weighted by molar-refractivity contribution is 5.79. The fourth-order valence-corrected chi connectivity index (χ4v) is 4.74. The SMILES string of the molecule is CO.N#CC1CC12CC2.c1ccc2c(c1)cnn2-c1cc(N2CCC3(CC3)C2)ncn1. The topological polar surface area (TPSA) is 90.9 Å². The number of para-hydroxylation sites is 1. The van der Waals surface area contributed by atoms with Gasteiger partial charge in [-0.1, -0.05) is 18.2 Å². The number of nitriles is 1. The number of fused-ring (bicyclic) bond motifs is 1. The average Bonchev–Trinajstić information content (AvgIpc) is 3.78. The van der Waals surface area contributed by atoms with Crippen LogP contribution < -0.4 is 4.90 Å². The molecule has 1 atom stereocenters. The molecule has 160 valence electrons. The number of benzene rings is 1. The van der Waals surface area contributed by atoms with Crippen LogP contribution in [0.15, 0.2) is 42.9 Å². The Balaban J connectivity index is 0.000000190. The Morgan fingerprint density at radius 1 is 1.06 bits per heavy atom. The Hall–Kier alpha value is -2.98. The molecule has 3 saturated carbocycles. The summed E-state index contributed by atoms with van der Waals surface area (Å²) in [4.78, 5) is 11.3. The predicted molar refractivity (Wildman–Crippen MR) is 119 cm³/mol. The van der Waals surface area contributed by atoms with E-state index in [-0.39, 0.29) is 0 Å². The lowest BCUT2D eigenvalue weighted by molar-refractivity contribution is 0.399. The summed E-state index contributed by atoms with van der Waals surface area (Å²) >= 11 is 0. The zero-order valence-electron chi connectivity index (χ0n) is 17.9. The summed E-state index contributed by atoms with van der Waals surface area (Å²) in [6.45, 7) is 2.25. The average molecular weight is 417 g/mol. The fraction of sp³-hybridized carbons (Fsp3) is 0.500. The van der Waals surface area contributed by atoms with Crippen LogP contribution in [0.2, 0.25) is 0 Å². The highest BCUT2D eigenvalue weighted by Gasteiger charge is 2.63. The monoisotopic (exact) mass is 416 g/mol. The van der Waals surface area contributed by atoms with Gasteiger partial charge in [0, 0.05) is 31.7 Å². The quantitative estimate of drug-likeness (QED) is 0.685. The van der Waals surface area contributed by atoms with E-state index in [1.165, 1.54) is 38.5 Å². The van der Waals surface area contributed by atoms with Crippen molar-refractivity contribution in [2.45, 2.75) is 38.5 Å². The van der Waals surface area contributed by atoms with Gasteiger partial charge in [0.05, 0.1) is 23.7 Å². The van der Waals surface area contributed by atoms with E-state index in [0.29, 0.717) is 16.7 Å². The summed E-state index contributed by atoms with van der Waals surface area (Å²) in [6, 6.07) is 12.5. The van der Waals surface area contributed by atoms with Crippen LogP contribution in [0.25, 0.3) is 16.7 Å². The van der Waals surface area contributed by atoms with Crippen molar-refractivity contribution in [1.82, 2.24) is 19.7 Å². The van der Waals surface area contributed by atoms with E-state index in [0.717, 1.165) is 42.7 Å². The van der Waals surface area contributed by atoms with Crippen molar-refractivity contribution >= 4 is 16.7 Å². The summed E-state index contributed by atoms with van der Waals surface area (Å²) in [6.07, 6.45) is 11.5. The molecule has 7 nitrogen and oxygen atoms in total. The maximum absolute atomic E-state index is 8.33. The number of nitrogens with zero attached hydrogens (tertiary/aromatic N) is 6. The molecule has 7 rings (SSSR count). The molecule has 0 amide bonds. The van der Waals surface area contributed by atoms with Crippen LogP contribution in [-0.2, 0) is 0 Å². The van der Waals surface area contributed by atoms with Gasteiger partial charge in [0.2, 0.25) is 0 Å². The number of hydrogen-bond donors (Lipinski definition) is 1. The number of aromatic nitrogens is 4. The summed E-state index contributed by atoms with van der Waals surface area (Å²) in [7, 11) is 1.00. The van der Waals surface area contributed by atoms with Crippen LogP contribution in [-0.4, -0.2) is 45.1 Å². The highest BCUT2D eigenvalue weighted by Crippen LogP contribution is 2.70. The molecule has 7 heteroatoms. The molecule has 1 unspecified atom stereocenters. The lowest BCUT2D eigenvalue weighted by Crippen LogP contribution is -2.21. The molecule has 3 heterocycles. The molecule has 3 aromatic rings.